The van der Waals surface area contributed by atoms with Crippen molar-refractivity contribution >= 4 is 23.5 Å². The average Bonchev–Trinajstić information content (AvgIpc) is 2.44. The number of hydrogen-bond donors (Lipinski definition) is 2. The Balaban J connectivity index is 1.72. The molecule has 2 N–H and O–H groups in total. The molecule has 0 saturated heterocycles. The molecule has 1 amide bonds. The van der Waals surface area contributed by atoms with Crippen molar-refractivity contribution in [3.05, 3.63) is 46.5 Å². The van der Waals surface area contributed by atoms with E-state index in [1.165, 1.54) is 17.8 Å². The van der Waals surface area contributed by atoms with Crippen LogP contribution in [0.15, 0.2) is 40.4 Å². The standard InChI is InChI=1S/C14H16N4O2S/c1-10-9-13(20)18-14(16-10)21-8-4-6-12(19)17-11-5-2-3-7-15-11/h2-3,5,7,9H,4,6,8H2,1H3,(H,15,17,19)(H,16,18,20). The number of nitrogens with zero attached hydrogens (tertiary/aromatic N) is 2. The smallest absolute Gasteiger partial charge is 0.251 e. The second kappa shape index (κ2) is 7.58. The molecule has 2 heterocycles. The highest BCUT2D eigenvalue weighted by Gasteiger charge is 2.04. The first-order valence-corrected chi connectivity index (χ1v) is 7.54. The molecule has 110 valence electrons. The number of H-pyrrole nitrogens is 1. The van der Waals surface area contributed by atoms with E-state index in [9.17, 15) is 9.59 Å². The van der Waals surface area contributed by atoms with Crippen molar-refractivity contribution in [2.24, 2.45) is 0 Å². The molecule has 6 nitrogen and oxygen atoms in total. The summed E-state index contributed by atoms with van der Waals surface area (Å²) in [6.45, 7) is 1.78. The van der Waals surface area contributed by atoms with Gasteiger partial charge in [-0.3, -0.25) is 9.59 Å². The lowest BCUT2D eigenvalue weighted by molar-refractivity contribution is -0.116. The van der Waals surface area contributed by atoms with Crippen molar-refractivity contribution < 1.29 is 4.79 Å². The highest BCUT2D eigenvalue weighted by Crippen LogP contribution is 2.13. The minimum atomic E-state index is -0.155. The van der Waals surface area contributed by atoms with Crippen LogP contribution >= 0.6 is 11.8 Å². The molecule has 0 fully saturated rings. The van der Waals surface area contributed by atoms with Crippen molar-refractivity contribution in [3.8, 4) is 0 Å². The van der Waals surface area contributed by atoms with E-state index >= 15 is 0 Å². The lowest BCUT2D eigenvalue weighted by atomic mass is 10.3. The Hall–Kier alpha value is -2.15. The first kappa shape index (κ1) is 15.2. The molecule has 21 heavy (non-hydrogen) atoms. The van der Waals surface area contributed by atoms with E-state index in [1.807, 2.05) is 6.07 Å². The second-order valence-electron chi connectivity index (χ2n) is 4.41. The normalized spacial score (nSPS) is 10.3. The summed E-state index contributed by atoms with van der Waals surface area (Å²) < 4.78 is 0. The number of rotatable bonds is 6. The number of pyridine rings is 1. The van der Waals surface area contributed by atoms with E-state index in [-0.39, 0.29) is 11.5 Å². The summed E-state index contributed by atoms with van der Waals surface area (Å²) in [5.74, 6) is 1.20. The van der Waals surface area contributed by atoms with E-state index in [0.29, 0.717) is 35.3 Å². The van der Waals surface area contributed by atoms with Crippen LogP contribution in [0.4, 0.5) is 5.82 Å². The Bertz CT molecular complexity index is 658. The molecule has 0 spiro atoms. The molecular formula is C14H16N4O2S. The Labute approximate surface area is 126 Å². The van der Waals surface area contributed by atoms with Crippen LogP contribution in [-0.4, -0.2) is 26.6 Å². The fourth-order valence-electron chi connectivity index (χ4n) is 1.66. The number of aryl methyl sites for hydroxylation is 1. The molecule has 0 bridgehead atoms. The molecule has 0 aromatic carbocycles. The van der Waals surface area contributed by atoms with Crippen LogP contribution in [0.25, 0.3) is 0 Å². The number of anilines is 1. The molecule has 2 aromatic heterocycles. The van der Waals surface area contributed by atoms with E-state index < -0.39 is 0 Å². The fraction of sp³-hybridized carbons (Fsp3) is 0.286. The summed E-state index contributed by atoms with van der Waals surface area (Å²) in [4.78, 5) is 33.9. The van der Waals surface area contributed by atoms with Crippen molar-refractivity contribution in [3.63, 3.8) is 0 Å². The highest BCUT2D eigenvalue weighted by molar-refractivity contribution is 7.99. The van der Waals surface area contributed by atoms with E-state index in [4.69, 9.17) is 0 Å². The Morgan fingerprint density at radius 2 is 2.29 bits per heavy atom. The predicted octanol–water partition coefficient (Wildman–Crippen LogP) is 1.98. The van der Waals surface area contributed by atoms with Gasteiger partial charge in [-0.05, 0) is 25.5 Å². The van der Waals surface area contributed by atoms with Crippen LogP contribution < -0.4 is 10.9 Å². The van der Waals surface area contributed by atoms with Gasteiger partial charge in [-0.15, -0.1) is 0 Å². The molecule has 2 rings (SSSR count). The van der Waals surface area contributed by atoms with Crippen molar-refractivity contribution in [1.82, 2.24) is 15.0 Å². The lowest BCUT2D eigenvalue weighted by Crippen LogP contribution is -2.12. The Morgan fingerprint density at radius 1 is 1.43 bits per heavy atom. The lowest BCUT2D eigenvalue weighted by Gasteiger charge is -2.04. The molecule has 0 aliphatic carbocycles. The summed E-state index contributed by atoms with van der Waals surface area (Å²) in [7, 11) is 0. The molecule has 0 atom stereocenters. The minimum absolute atomic E-state index is 0.0694. The van der Waals surface area contributed by atoms with Gasteiger partial charge in [-0.1, -0.05) is 17.8 Å². The van der Waals surface area contributed by atoms with Crippen LogP contribution in [0.2, 0.25) is 0 Å². The number of carbonyl (C=O) groups is 1. The van der Waals surface area contributed by atoms with Gasteiger partial charge in [-0.2, -0.15) is 0 Å². The minimum Gasteiger partial charge on any atom is -0.311 e. The van der Waals surface area contributed by atoms with Gasteiger partial charge >= 0.3 is 0 Å². The zero-order valence-corrected chi connectivity index (χ0v) is 12.4. The maximum absolute atomic E-state index is 11.7. The summed E-state index contributed by atoms with van der Waals surface area (Å²) in [5.41, 5.74) is 0.534. The number of nitrogens with one attached hydrogen (secondary N) is 2. The highest BCUT2D eigenvalue weighted by atomic mass is 32.2. The van der Waals surface area contributed by atoms with Crippen molar-refractivity contribution in [1.29, 1.82) is 0 Å². The van der Waals surface area contributed by atoms with Gasteiger partial charge in [0.15, 0.2) is 5.16 Å². The first-order chi connectivity index (χ1) is 10.1. The van der Waals surface area contributed by atoms with Crippen LogP contribution in [0, 0.1) is 6.92 Å². The SMILES string of the molecule is Cc1cc(=O)[nH]c(SCCCC(=O)Nc2ccccn2)n1. The average molecular weight is 304 g/mol. The van der Waals surface area contributed by atoms with Gasteiger partial charge < -0.3 is 10.3 Å². The summed E-state index contributed by atoms with van der Waals surface area (Å²) in [6.07, 6.45) is 2.73. The Morgan fingerprint density at radius 3 is 3.00 bits per heavy atom. The molecule has 0 aliphatic heterocycles. The van der Waals surface area contributed by atoms with Crippen LogP contribution in [0.3, 0.4) is 0 Å². The van der Waals surface area contributed by atoms with Gasteiger partial charge in [0, 0.05) is 30.1 Å². The molecular weight excluding hydrogens is 288 g/mol. The number of carbonyl (C=O) groups excluding carboxylic acids is 1. The zero-order chi connectivity index (χ0) is 15.1. The topological polar surface area (TPSA) is 87.7 Å². The van der Waals surface area contributed by atoms with Crippen molar-refractivity contribution in [2.75, 3.05) is 11.1 Å². The fourth-order valence-corrected chi connectivity index (χ4v) is 2.53. The van der Waals surface area contributed by atoms with E-state index in [1.54, 1.807) is 25.3 Å². The molecule has 0 radical (unpaired) electrons. The molecule has 0 aliphatic rings. The molecule has 2 aromatic rings. The number of aromatic nitrogens is 3. The number of thioether (sulfide) groups is 1. The largest absolute Gasteiger partial charge is 0.311 e. The summed E-state index contributed by atoms with van der Waals surface area (Å²) in [6, 6.07) is 6.80. The van der Waals surface area contributed by atoms with Gasteiger partial charge in [0.05, 0.1) is 0 Å². The molecule has 7 heteroatoms. The predicted molar refractivity (Wildman–Crippen MR) is 82.4 cm³/mol. The van der Waals surface area contributed by atoms with Crippen LogP contribution in [-0.2, 0) is 4.79 Å². The van der Waals surface area contributed by atoms with Crippen LogP contribution in [0.1, 0.15) is 18.5 Å². The first-order valence-electron chi connectivity index (χ1n) is 6.55. The third-order valence-corrected chi connectivity index (χ3v) is 3.53. The maximum Gasteiger partial charge on any atom is 0.251 e. The molecule has 0 saturated carbocycles. The van der Waals surface area contributed by atoms with Gasteiger partial charge in [0.25, 0.3) is 5.56 Å². The summed E-state index contributed by atoms with van der Waals surface area (Å²) >= 11 is 1.43. The van der Waals surface area contributed by atoms with Gasteiger partial charge in [-0.25, -0.2) is 9.97 Å². The van der Waals surface area contributed by atoms with Gasteiger partial charge in [0.1, 0.15) is 5.82 Å². The quantitative estimate of drug-likeness (QED) is 0.484. The van der Waals surface area contributed by atoms with E-state index in [0.717, 1.165) is 0 Å². The second-order valence-corrected chi connectivity index (χ2v) is 5.49. The number of amides is 1. The molecule has 0 unspecified atom stereocenters. The van der Waals surface area contributed by atoms with Gasteiger partial charge in [0.2, 0.25) is 5.91 Å². The van der Waals surface area contributed by atoms with E-state index in [2.05, 4.69) is 20.3 Å². The van der Waals surface area contributed by atoms with Crippen LogP contribution in [0.5, 0.6) is 0 Å². The summed E-state index contributed by atoms with van der Waals surface area (Å²) in [5, 5.41) is 3.31. The maximum atomic E-state index is 11.7. The number of hydrogen-bond acceptors (Lipinski definition) is 5. The third-order valence-electron chi connectivity index (χ3n) is 2.57. The Kier molecular flexibility index (Phi) is 5.51. The van der Waals surface area contributed by atoms with Crippen molar-refractivity contribution in [2.45, 2.75) is 24.9 Å². The number of aromatic amines is 1. The third kappa shape index (κ3) is 5.39. The zero-order valence-electron chi connectivity index (χ0n) is 11.6. The monoisotopic (exact) mass is 304 g/mol.